The van der Waals surface area contributed by atoms with Crippen LogP contribution in [0.25, 0.3) is 0 Å². The van der Waals surface area contributed by atoms with E-state index < -0.39 is 6.79 Å². The number of aliphatic hydroxyl groups excluding tert-OH is 1. The number of anilines is 2. The maximum absolute atomic E-state index is 13.8. The average molecular weight is 672 g/mol. The largest absolute Gasteiger partial charge is 0.371 e. The van der Waals surface area contributed by atoms with Gasteiger partial charge in [0.15, 0.2) is 0 Å². The first-order valence-electron chi connectivity index (χ1n) is 15.9. The first kappa shape index (κ1) is 37.6. The number of hydroxylamine groups is 1. The van der Waals surface area contributed by atoms with Crippen LogP contribution in [0, 0.1) is 17.3 Å². The van der Waals surface area contributed by atoms with Gasteiger partial charge >= 0.3 is 0 Å². The van der Waals surface area contributed by atoms with Crippen LogP contribution in [0.1, 0.15) is 103 Å². The Bertz CT molecular complexity index is 1130. The third-order valence-electron chi connectivity index (χ3n) is 9.07. The van der Waals surface area contributed by atoms with E-state index in [-0.39, 0.29) is 51.8 Å². The summed E-state index contributed by atoms with van der Waals surface area (Å²) in [7, 11) is 0. The van der Waals surface area contributed by atoms with E-state index in [0.717, 1.165) is 48.3 Å². The SMILES string of the molecule is C/C=C\C(=NC(C)=C(C)CC)NC(=O)c1ccc(N(O)CCOCO)cc1N1CCC2(CC2)C(CCCCC(C)C)C1.[Y]. The Hall–Kier alpha value is -1.58. The van der Waals surface area contributed by atoms with Crippen LogP contribution in [0.3, 0.4) is 0 Å². The molecule has 2 fully saturated rings. The third-order valence-corrected chi connectivity index (χ3v) is 9.07. The quantitative estimate of drug-likeness (QED) is 0.0607. The predicted molar refractivity (Wildman–Crippen MR) is 172 cm³/mol. The number of benzene rings is 1. The van der Waals surface area contributed by atoms with E-state index in [2.05, 4.69) is 37.9 Å². The Morgan fingerprint density at radius 3 is 2.63 bits per heavy atom. The first-order chi connectivity index (χ1) is 20.1. The summed E-state index contributed by atoms with van der Waals surface area (Å²) in [5.41, 5.74) is 4.51. The standard InChI is InChI=1S/C34H54N4O4.Y/c1-7-11-32(35-27(6)26(5)8-2)36-33(40)30-15-14-29(38(41)20-21-42-24-39)22-31(30)37-19-18-34(16-17-34)28(23-37)13-10-9-12-25(3)4;/h7,11,14-15,22,25,28,39,41H,8-10,12-13,16-21,23-24H2,1-6H3,(H,35,36,40);/b11-7-,27-26?;. The number of aliphatic hydroxyl groups is 1. The molecule has 1 heterocycles. The normalized spacial score (nSPS) is 18.6. The molecular formula is C34H54N4O4Y. The summed E-state index contributed by atoms with van der Waals surface area (Å²) in [6, 6.07) is 5.46. The number of hydrogen-bond acceptors (Lipinski definition) is 7. The number of carbonyl (C=O) groups excluding carboxylic acids is 1. The number of nitrogens with zero attached hydrogens (tertiary/aromatic N) is 3. The van der Waals surface area contributed by atoms with Crippen molar-refractivity contribution in [1.82, 2.24) is 5.32 Å². The molecule has 1 aliphatic heterocycles. The minimum Gasteiger partial charge on any atom is -0.371 e. The van der Waals surface area contributed by atoms with Crippen LogP contribution in [0.5, 0.6) is 0 Å². The Morgan fingerprint density at radius 2 is 2.00 bits per heavy atom. The molecule has 43 heavy (non-hydrogen) atoms. The van der Waals surface area contributed by atoms with E-state index in [1.54, 1.807) is 12.1 Å². The molecule has 3 N–H and O–H groups in total. The zero-order valence-electron chi connectivity index (χ0n) is 27.4. The number of aliphatic imine (C=N–C) groups is 1. The maximum atomic E-state index is 13.8. The number of piperidine rings is 1. The Morgan fingerprint density at radius 1 is 1.26 bits per heavy atom. The Balaban J connectivity index is 0.00000645. The monoisotopic (exact) mass is 671 g/mol. The van der Waals surface area contributed by atoms with E-state index in [1.807, 2.05) is 32.1 Å². The van der Waals surface area contributed by atoms with Crippen molar-refractivity contribution < 1.29 is 52.6 Å². The number of hydrogen-bond donors (Lipinski definition) is 3. The first-order valence-corrected chi connectivity index (χ1v) is 15.9. The van der Waals surface area contributed by atoms with Gasteiger partial charge in [-0.25, -0.2) is 4.99 Å². The van der Waals surface area contributed by atoms with Gasteiger partial charge in [-0.2, -0.15) is 0 Å². The predicted octanol–water partition coefficient (Wildman–Crippen LogP) is 7.08. The van der Waals surface area contributed by atoms with Crippen molar-refractivity contribution in [2.45, 2.75) is 92.9 Å². The number of allylic oxidation sites excluding steroid dienone is 3. The van der Waals surface area contributed by atoms with Crippen molar-refractivity contribution in [2.24, 2.45) is 22.2 Å². The number of rotatable bonds is 15. The van der Waals surface area contributed by atoms with Crippen molar-refractivity contribution in [2.75, 3.05) is 43.0 Å². The van der Waals surface area contributed by atoms with E-state index >= 15 is 0 Å². The van der Waals surface area contributed by atoms with Crippen molar-refractivity contribution in [3.63, 3.8) is 0 Å². The van der Waals surface area contributed by atoms with E-state index in [4.69, 9.17) is 14.8 Å². The van der Waals surface area contributed by atoms with Crippen LogP contribution in [-0.2, 0) is 37.4 Å². The van der Waals surface area contributed by atoms with Crippen molar-refractivity contribution in [1.29, 1.82) is 0 Å². The maximum Gasteiger partial charge on any atom is 0.258 e. The fraction of sp³-hybridized carbons (Fsp3) is 0.647. The van der Waals surface area contributed by atoms with Gasteiger partial charge in [-0.1, -0.05) is 51.7 Å². The molecule has 9 heteroatoms. The molecule has 8 nitrogen and oxygen atoms in total. The zero-order valence-corrected chi connectivity index (χ0v) is 30.2. The minimum absolute atomic E-state index is 0. The number of amidine groups is 1. The summed E-state index contributed by atoms with van der Waals surface area (Å²) < 4.78 is 5.02. The summed E-state index contributed by atoms with van der Waals surface area (Å²) >= 11 is 0. The molecule has 1 atom stereocenters. The van der Waals surface area contributed by atoms with Gasteiger partial charge in [0.2, 0.25) is 0 Å². The van der Waals surface area contributed by atoms with E-state index in [9.17, 15) is 10.0 Å². The topological polar surface area (TPSA) is 97.6 Å². The molecule has 1 saturated carbocycles. The van der Waals surface area contributed by atoms with Crippen LogP contribution in [0.4, 0.5) is 11.4 Å². The number of carbonyl (C=O) groups is 1. The molecule has 3 rings (SSSR count). The van der Waals surface area contributed by atoms with Gasteiger partial charge in [0.05, 0.1) is 30.1 Å². The second-order valence-electron chi connectivity index (χ2n) is 12.5. The molecule has 1 amide bonds. The number of amides is 1. The van der Waals surface area contributed by atoms with Crippen LogP contribution in [-0.4, -0.2) is 55.1 Å². The molecule has 0 aromatic heterocycles. The molecule has 1 unspecified atom stereocenters. The molecule has 1 radical (unpaired) electrons. The van der Waals surface area contributed by atoms with Gasteiger partial charge in [-0.15, -0.1) is 0 Å². The molecule has 237 valence electrons. The molecule has 2 aliphatic rings. The molecule has 1 aliphatic carbocycles. The van der Waals surface area contributed by atoms with Gasteiger partial charge in [-0.05, 0) is 94.4 Å². The summed E-state index contributed by atoms with van der Waals surface area (Å²) in [6.07, 6.45) is 13.3. The smallest absolute Gasteiger partial charge is 0.258 e. The molecule has 1 aromatic carbocycles. The van der Waals surface area contributed by atoms with Crippen molar-refractivity contribution in [3.05, 3.63) is 47.2 Å². The summed E-state index contributed by atoms with van der Waals surface area (Å²) in [4.78, 5) is 20.9. The van der Waals surface area contributed by atoms with Gasteiger partial charge in [0, 0.05) is 51.5 Å². The van der Waals surface area contributed by atoms with Crippen LogP contribution < -0.4 is 15.3 Å². The molecule has 1 aromatic rings. The van der Waals surface area contributed by atoms with Crippen LogP contribution >= 0.6 is 0 Å². The van der Waals surface area contributed by atoms with Gasteiger partial charge in [0.25, 0.3) is 5.91 Å². The molecule has 0 bridgehead atoms. The summed E-state index contributed by atoms with van der Waals surface area (Å²) in [5, 5.41) is 23.9. The van der Waals surface area contributed by atoms with Gasteiger partial charge < -0.3 is 20.1 Å². The number of nitrogens with one attached hydrogen (secondary N) is 1. The fourth-order valence-corrected chi connectivity index (χ4v) is 5.95. The Kier molecular flexibility index (Phi) is 16.1. The zero-order chi connectivity index (χ0) is 30.7. The van der Waals surface area contributed by atoms with Gasteiger partial charge in [0.1, 0.15) is 12.6 Å². The summed E-state index contributed by atoms with van der Waals surface area (Å²) in [5.74, 6) is 1.62. The average Bonchev–Trinajstić information content (AvgIpc) is 3.75. The van der Waals surface area contributed by atoms with E-state index in [1.165, 1.54) is 44.1 Å². The summed E-state index contributed by atoms with van der Waals surface area (Å²) in [6.45, 7) is 14.4. The number of unbranched alkanes of at least 4 members (excludes halogenated alkanes) is 1. The number of ether oxygens (including phenoxy) is 1. The third kappa shape index (κ3) is 11.1. The van der Waals surface area contributed by atoms with Crippen molar-refractivity contribution >= 4 is 23.1 Å². The molecule has 1 saturated heterocycles. The fourth-order valence-electron chi connectivity index (χ4n) is 5.95. The van der Waals surface area contributed by atoms with E-state index in [0.29, 0.717) is 28.4 Å². The second-order valence-corrected chi connectivity index (χ2v) is 12.5. The molecule has 1 spiro atoms. The van der Waals surface area contributed by atoms with Crippen LogP contribution in [0.2, 0.25) is 0 Å². The minimum atomic E-state index is -0.394. The van der Waals surface area contributed by atoms with Crippen LogP contribution in [0.15, 0.2) is 46.6 Å². The molecular weight excluding hydrogens is 617 g/mol. The second kappa shape index (κ2) is 18.4. The Labute approximate surface area is 284 Å². The van der Waals surface area contributed by atoms with Crippen molar-refractivity contribution in [3.8, 4) is 0 Å². The van der Waals surface area contributed by atoms with Gasteiger partial charge in [-0.3, -0.25) is 15.1 Å².